The van der Waals surface area contributed by atoms with Gasteiger partial charge in [0.25, 0.3) is 0 Å². The Morgan fingerprint density at radius 1 is 0.980 bits per heavy atom. The van der Waals surface area contributed by atoms with Crippen molar-refractivity contribution in [2.45, 2.75) is 100 Å². The maximum absolute atomic E-state index is 14.5. The van der Waals surface area contributed by atoms with E-state index in [2.05, 4.69) is 5.32 Å². The lowest BCUT2D eigenvalue weighted by Crippen LogP contribution is -2.56. The van der Waals surface area contributed by atoms with E-state index in [1.165, 1.54) is 16.2 Å². The maximum Gasteiger partial charge on any atom is 0.434 e. The molecule has 1 saturated heterocycles. The molecule has 5 atom stereocenters. The number of benzene rings is 1. The minimum atomic E-state index is -1.48. The molecular formula is C36H41N5O8S. The van der Waals surface area contributed by atoms with E-state index < -0.39 is 47.6 Å². The average molecular weight is 704 g/mol. The Kier molecular flexibility index (Phi) is 9.73. The Labute approximate surface area is 293 Å². The molecule has 3 amide bonds. The Bertz CT molecular complexity index is 1780. The third kappa shape index (κ3) is 6.91. The summed E-state index contributed by atoms with van der Waals surface area (Å²) >= 11 is 1.47. The molecule has 13 nitrogen and oxygen atoms in total. The number of allylic oxidation sites excluding steroid dienone is 1. The largest absolute Gasteiger partial charge is 0.479 e. The molecule has 4 heterocycles. The zero-order valence-electron chi connectivity index (χ0n) is 27.6. The number of nitrogens with one attached hydrogen (secondary N) is 1. The number of amides is 3. The third-order valence-electron chi connectivity index (χ3n) is 10.2. The topological polar surface area (TPSA) is 171 Å². The van der Waals surface area contributed by atoms with E-state index >= 15 is 0 Å². The number of aromatic nitrogens is 2. The molecule has 3 N–H and O–H groups in total. The van der Waals surface area contributed by atoms with E-state index in [9.17, 15) is 29.5 Å². The molecule has 7 rings (SSSR count). The summed E-state index contributed by atoms with van der Waals surface area (Å²) in [6, 6.07) is 8.74. The van der Waals surface area contributed by atoms with E-state index in [1.807, 2.05) is 53.9 Å². The quantitative estimate of drug-likeness (QED) is 0.173. The Balaban J connectivity index is 1.20. The number of carbonyl (C=O) groups excluding carboxylic acids is 3. The highest BCUT2D eigenvalue weighted by Gasteiger charge is 2.61. The van der Waals surface area contributed by atoms with Crippen LogP contribution in [0.1, 0.15) is 70.6 Å². The number of nitrogens with zero attached hydrogens (tertiary/aromatic N) is 4. The van der Waals surface area contributed by atoms with Gasteiger partial charge in [-0.15, -0.1) is 11.3 Å². The van der Waals surface area contributed by atoms with Gasteiger partial charge < -0.3 is 24.8 Å². The van der Waals surface area contributed by atoms with Crippen molar-refractivity contribution in [2.75, 3.05) is 6.54 Å². The number of fused-ring (bicyclic) bond motifs is 3. The van der Waals surface area contributed by atoms with Crippen LogP contribution in [-0.2, 0) is 19.1 Å². The molecule has 2 saturated carbocycles. The molecule has 264 valence electrons. The first kappa shape index (κ1) is 33.9. The van der Waals surface area contributed by atoms with Gasteiger partial charge in [-0.05, 0) is 74.9 Å². The molecule has 0 radical (unpaired) electrons. The summed E-state index contributed by atoms with van der Waals surface area (Å²) in [5.41, 5.74) is 0.326. The number of rotatable bonds is 6. The monoisotopic (exact) mass is 703 g/mol. The maximum atomic E-state index is 14.5. The van der Waals surface area contributed by atoms with Crippen LogP contribution in [0, 0.1) is 5.92 Å². The number of carbonyl (C=O) groups is 4. The van der Waals surface area contributed by atoms with Crippen LogP contribution in [0.15, 0.2) is 53.9 Å². The average Bonchev–Trinajstić information content (AvgIpc) is 3.60. The number of carboxylic acids is 1. The van der Waals surface area contributed by atoms with Crippen LogP contribution in [0.3, 0.4) is 0 Å². The first-order valence-electron chi connectivity index (χ1n) is 17.4. The highest BCUT2D eigenvalue weighted by atomic mass is 32.1. The first-order chi connectivity index (χ1) is 24.2. The summed E-state index contributed by atoms with van der Waals surface area (Å²) in [7, 11) is 0. The van der Waals surface area contributed by atoms with Gasteiger partial charge in [0.2, 0.25) is 17.7 Å². The van der Waals surface area contributed by atoms with Crippen LogP contribution in [0.5, 0.6) is 5.88 Å². The van der Waals surface area contributed by atoms with Gasteiger partial charge in [-0.1, -0.05) is 43.2 Å². The van der Waals surface area contributed by atoms with Crippen LogP contribution in [0.2, 0.25) is 0 Å². The van der Waals surface area contributed by atoms with Crippen molar-refractivity contribution in [3.8, 4) is 16.5 Å². The standard InChI is InChI=1S/C36H41N5O8S/c42-31-28-19-24(48-32-30(29-17-10-18-50-29)37-25-14-8-9-15-26(25)38-32)21-40(28)33(43)27(41(47)35(46)49-23-12-6-7-13-23)16-5-3-1-2-4-11-22-20-36(22,39-31)34(44)45/h4,8-11,14-15,17-18,22-24,27-28,47H,1-3,5-7,12-13,16,19-21H2,(H,39,42)(H,44,45)/b11-4-/t22-,24-,27+,28+,36-/m1/s1. The van der Waals surface area contributed by atoms with Gasteiger partial charge >= 0.3 is 12.1 Å². The lowest BCUT2D eigenvalue weighted by atomic mass is 10.0. The van der Waals surface area contributed by atoms with E-state index in [1.54, 1.807) is 0 Å². The van der Waals surface area contributed by atoms with Crippen molar-refractivity contribution >= 4 is 46.2 Å². The van der Waals surface area contributed by atoms with Gasteiger partial charge in [-0.25, -0.2) is 19.6 Å². The summed E-state index contributed by atoms with van der Waals surface area (Å²) < 4.78 is 12.0. The van der Waals surface area contributed by atoms with Crippen molar-refractivity contribution in [2.24, 2.45) is 5.92 Å². The number of carboxylic acid groups (broad SMARTS) is 1. The van der Waals surface area contributed by atoms with Gasteiger partial charge in [0, 0.05) is 12.3 Å². The van der Waals surface area contributed by atoms with Gasteiger partial charge in [0.05, 0.1) is 22.5 Å². The lowest BCUT2D eigenvalue weighted by Gasteiger charge is -2.32. The molecule has 3 fully saturated rings. The number of hydroxylamine groups is 2. The summed E-state index contributed by atoms with van der Waals surface area (Å²) in [6.07, 6.45) is 8.06. The molecule has 2 aromatic heterocycles. The van der Waals surface area contributed by atoms with Crippen molar-refractivity contribution in [3.05, 3.63) is 53.9 Å². The Morgan fingerprint density at radius 3 is 2.48 bits per heavy atom. The normalized spacial score (nSPS) is 28.1. The zero-order chi connectivity index (χ0) is 34.8. The molecule has 0 bridgehead atoms. The number of hydrogen-bond donors (Lipinski definition) is 3. The lowest BCUT2D eigenvalue weighted by molar-refractivity contribution is -0.160. The highest BCUT2D eigenvalue weighted by molar-refractivity contribution is 7.13. The minimum Gasteiger partial charge on any atom is -0.479 e. The number of hydrogen-bond acceptors (Lipinski definition) is 10. The number of ether oxygens (including phenoxy) is 2. The van der Waals surface area contributed by atoms with E-state index in [4.69, 9.17) is 19.4 Å². The van der Waals surface area contributed by atoms with Gasteiger partial charge in [-0.3, -0.25) is 14.8 Å². The number of aliphatic carboxylic acids is 1. The van der Waals surface area contributed by atoms with Crippen LogP contribution in [-0.4, -0.2) is 90.5 Å². The second kappa shape index (κ2) is 14.4. The fourth-order valence-corrected chi connectivity index (χ4v) is 8.05. The highest BCUT2D eigenvalue weighted by Crippen LogP contribution is 2.45. The van der Waals surface area contributed by atoms with Crippen LogP contribution in [0.25, 0.3) is 21.6 Å². The predicted octanol–water partition coefficient (Wildman–Crippen LogP) is 5.33. The fraction of sp³-hybridized carbons (Fsp3) is 0.500. The van der Waals surface area contributed by atoms with Crippen molar-refractivity contribution in [3.63, 3.8) is 0 Å². The van der Waals surface area contributed by atoms with Crippen molar-refractivity contribution in [1.82, 2.24) is 25.2 Å². The molecule has 0 unspecified atom stereocenters. The summed E-state index contributed by atoms with van der Waals surface area (Å²) in [6.45, 7) is -0.0687. The Hall–Kier alpha value is -4.56. The molecule has 0 spiro atoms. The summed E-state index contributed by atoms with van der Waals surface area (Å²) in [4.78, 5) is 65.8. The molecule has 2 aliphatic carbocycles. The van der Waals surface area contributed by atoms with Crippen LogP contribution in [0.4, 0.5) is 4.79 Å². The third-order valence-corrected chi connectivity index (χ3v) is 11.1. The molecule has 1 aromatic carbocycles. The van der Waals surface area contributed by atoms with Gasteiger partial charge in [0.15, 0.2) is 0 Å². The number of thiophene rings is 1. The summed E-state index contributed by atoms with van der Waals surface area (Å²) in [5, 5.41) is 26.4. The number of para-hydroxylation sites is 2. The van der Waals surface area contributed by atoms with Crippen LogP contribution >= 0.6 is 11.3 Å². The fourth-order valence-electron chi connectivity index (χ4n) is 7.35. The first-order valence-corrected chi connectivity index (χ1v) is 18.3. The summed E-state index contributed by atoms with van der Waals surface area (Å²) in [5.74, 6) is -2.57. The second-order valence-corrected chi connectivity index (χ2v) is 14.6. The van der Waals surface area contributed by atoms with Crippen molar-refractivity contribution < 1.29 is 39.0 Å². The second-order valence-electron chi connectivity index (χ2n) is 13.6. The predicted molar refractivity (Wildman–Crippen MR) is 182 cm³/mol. The minimum absolute atomic E-state index is 0.0246. The molecule has 2 aliphatic heterocycles. The van der Waals surface area contributed by atoms with Gasteiger partial charge in [-0.2, -0.15) is 5.06 Å². The Morgan fingerprint density at radius 2 is 1.74 bits per heavy atom. The molecule has 3 aromatic rings. The molecule has 50 heavy (non-hydrogen) atoms. The van der Waals surface area contributed by atoms with Crippen molar-refractivity contribution in [1.29, 1.82) is 0 Å². The molecular weight excluding hydrogens is 662 g/mol. The van der Waals surface area contributed by atoms with Gasteiger partial charge in [0.1, 0.15) is 35.5 Å². The van der Waals surface area contributed by atoms with E-state index in [-0.39, 0.29) is 43.7 Å². The van der Waals surface area contributed by atoms with E-state index in [0.29, 0.717) is 53.9 Å². The van der Waals surface area contributed by atoms with E-state index in [0.717, 1.165) is 24.1 Å². The zero-order valence-corrected chi connectivity index (χ0v) is 28.4. The molecule has 4 aliphatic rings. The van der Waals surface area contributed by atoms with Crippen LogP contribution < -0.4 is 10.1 Å². The smallest absolute Gasteiger partial charge is 0.434 e. The SMILES string of the molecule is O=C1N[C@]2(C(=O)O)C[C@H]2/C=C\CCCCC[C@H](N(O)C(=O)OC2CCCC2)C(=O)N2C[C@H](Oc3nc4ccccc4nc3-c3cccs3)C[C@@H]12. The molecule has 14 heteroatoms.